The van der Waals surface area contributed by atoms with Crippen LogP contribution in [0.3, 0.4) is 0 Å². The average Bonchev–Trinajstić information content (AvgIpc) is 2.79. The van der Waals surface area contributed by atoms with E-state index < -0.39 is 16.0 Å². The van der Waals surface area contributed by atoms with Gasteiger partial charge in [0.15, 0.2) is 17.2 Å². The van der Waals surface area contributed by atoms with Gasteiger partial charge in [-0.3, -0.25) is 4.72 Å². The normalized spacial score (nSPS) is 11.0. The number of carboxylic acid groups (broad SMARTS) is 1. The maximum atomic E-state index is 13.0. The fourth-order valence-electron chi connectivity index (χ4n) is 2.91. The molecule has 0 bridgehead atoms. The van der Waals surface area contributed by atoms with Crippen LogP contribution in [0.1, 0.15) is 15.9 Å². The number of nitrogens with one attached hydrogen (secondary N) is 1. The van der Waals surface area contributed by atoms with E-state index in [0.29, 0.717) is 5.75 Å². The van der Waals surface area contributed by atoms with E-state index >= 15 is 0 Å². The summed E-state index contributed by atoms with van der Waals surface area (Å²) in [6.07, 6.45) is 0. The van der Waals surface area contributed by atoms with Crippen LogP contribution < -0.4 is 18.9 Å². The van der Waals surface area contributed by atoms with E-state index in [1.807, 2.05) is 6.92 Å². The first-order valence-electron chi connectivity index (χ1n) is 9.80. The van der Waals surface area contributed by atoms with Crippen LogP contribution in [0.5, 0.6) is 23.0 Å². The standard InChI is InChI=1S/C23H23NO8S/c1-15-7-9-16(10-8-15)33(28,29)24-18-13-17(23(26)27)21(31-12-11-25)14-22(18)32-20-6-4-3-5-19(20)30-2/h3-10,13-14,24-25H,11-12H2,1-2H3,(H,26,27). The number of para-hydroxylation sites is 2. The number of carbonyl (C=O) groups is 1. The molecule has 0 unspecified atom stereocenters. The van der Waals surface area contributed by atoms with Gasteiger partial charge in [-0.1, -0.05) is 29.8 Å². The predicted octanol–water partition coefficient (Wildman–Crippen LogP) is 3.67. The molecular formula is C23H23NO8S. The maximum absolute atomic E-state index is 13.0. The second-order valence-electron chi connectivity index (χ2n) is 6.89. The average molecular weight is 474 g/mol. The Balaban J connectivity index is 2.11. The van der Waals surface area contributed by atoms with Gasteiger partial charge in [0.2, 0.25) is 0 Å². The van der Waals surface area contributed by atoms with Gasteiger partial charge >= 0.3 is 5.97 Å². The van der Waals surface area contributed by atoms with E-state index in [2.05, 4.69) is 4.72 Å². The number of carboxylic acids is 1. The number of rotatable bonds is 10. The number of sulfonamides is 1. The summed E-state index contributed by atoms with van der Waals surface area (Å²) in [7, 11) is -2.62. The van der Waals surface area contributed by atoms with Crippen molar-refractivity contribution in [3.05, 3.63) is 71.8 Å². The summed E-state index contributed by atoms with van der Waals surface area (Å²) < 4.78 is 44.9. The minimum absolute atomic E-state index is 0.00572. The summed E-state index contributed by atoms with van der Waals surface area (Å²) in [6.45, 7) is 1.32. The van der Waals surface area contributed by atoms with Crippen molar-refractivity contribution in [2.24, 2.45) is 0 Å². The van der Waals surface area contributed by atoms with Gasteiger partial charge in [-0.25, -0.2) is 13.2 Å². The molecule has 3 N–H and O–H groups in total. The summed E-state index contributed by atoms with van der Waals surface area (Å²) in [6, 6.07) is 15.2. The summed E-state index contributed by atoms with van der Waals surface area (Å²) in [5.74, 6) is -0.813. The number of anilines is 1. The van der Waals surface area contributed by atoms with Crippen LogP contribution in [0, 0.1) is 6.92 Å². The zero-order valence-electron chi connectivity index (χ0n) is 17.9. The highest BCUT2D eigenvalue weighted by Gasteiger charge is 2.23. The maximum Gasteiger partial charge on any atom is 0.339 e. The van der Waals surface area contributed by atoms with Crippen molar-refractivity contribution >= 4 is 21.7 Å². The molecule has 174 valence electrons. The number of methoxy groups -OCH3 is 1. The van der Waals surface area contributed by atoms with E-state index in [1.165, 1.54) is 25.3 Å². The third-order valence-electron chi connectivity index (χ3n) is 4.53. The third-order valence-corrected chi connectivity index (χ3v) is 5.91. The highest BCUT2D eigenvalue weighted by Crippen LogP contribution is 2.40. The van der Waals surface area contributed by atoms with Gasteiger partial charge < -0.3 is 24.4 Å². The molecule has 3 aromatic carbocycles. The van der Waals surface area contributed by atoms with E-state index in [1.54, 1.807) is 36.4 Å². The lowest BCUT2D eigenvalue weighted by Crippen LogP contribution is -2.15. The van der Waals surface area contributed by atoms with Crippen molar-refractivity contribution in [1.29, 1.82) is 0 Å². The fourth-order valence-corrected chi connectivity index (χ4v) is 3.97. The smallest absolute Gasteiger partial charge is 0.339 e. The summed E-state index contributed by atoms with van der Waals surface area (Å²) in [4.78, 5) is 11.8. The Morgan fingerprint density at radius 2 is 1.64 bits per heavy atom. The minimum Gasteiger partial charge on any atom is -0.493 e. The number of benzene rings is 3. The van der Waals surface area contributed by atoms with Crippen LogP contribution in [0.2, 0.25) is 0 Å². The first-order chi connectivity index (χ1) is 15.7. The lowest BCUT2D eigenvalue weighted by Gasteiger charge is -2.18. The zero-order chi connectivity index (χ0) is 24.0. The number of aliphatic hydroxyl groups is 1. The van der Waals surface area contributed by atoms with Gasteiger partial charge in [-0.05, 0) is 37.3 Å². The van der Waals surface area contributed by atoms with Crippen molar-refractivity contribution in [2.75, 3.05) is 25.0 Å². The molecule has 0 atom stereocenters. The van der Waals surface area contributed by atoms with Gasteiger partial charge in [0.05, 0.1) is 24.3 Å². The van der Waals surface area contributed by atoms with Gasteiger partial charge in [-0.2, -0.15) is 0 Å². The molecule has 9 nitrogen and oxygen atoms in total. The second kappa shape index (κ2) is 10.2. The molecule has 0 aliphatic carbocycles. The molecule has 0 heterocycles. The molecule has 0 spiro atoms. The number of hydrogen-bond acceptors (Lipinski definition) is 7. The molecule has 0 fully saturated rings. The lowest BCUT2D eigenvalue weighted by molar-refractivity contribution is 0.0690. The highest BCUT2D eigenvalue weighted by molar-refractivity contribution is 7.92. The quantitative estimate of drug-likeness (QED) is 0.407. The molecule has 0 saturated carbocycles. The first kappa shape index (κ1) is 23.9. The number of aromatic carboxylic acids is 1. The summed E-state index contributed by atoms with van der Waals surface area (Å²) >= 11 is 0. The van der Waals surface area contributed by atoms with Crippen molar-refractivity contribution in [1.82, 2.24) is 0 Å². The van der Waals surface area contributed by atoms with E-state index in [9.17, 15) is 18.3 Å². The summed E-state index contributed by atoms with van der Waals surface area (Å²) in [5.41, 5.74) is 0.459. The molecule has 0 aliphatic rings. The van der Waals surface area contributed by atoms with Gasteiger partial charge in [0.25, 0.3) is 10.0 Å². The van der Waals surface area contributed by atoms with Crippen molar-refractivity contribution in [3.8, 4) is 23.0 Å². The fraction of sp³-hybridized carbons (Fsp3) is 0.174. The van der Waals surface area contributed by atoms with Crippen LogP contribution in [0.4, 0.5) is 5.69 Å². The van der Waals surface area contributed by atoms with Gasteiger partial charge in [0, 0.05) is 6.07 Å². The monoisotopic (exact) mass is 473 g/mol. The van der Waals surface area contributed by atoms with Crippen molar-refractivity contribution < 1.29 is 37.6 Å². The van der Waals surface area contributed by atoms with E-state index in [-0.39, 0.29) is 46.6 Å². The molecule has 0 amide bonds. The third kappa shape index (κ3) is 5.73. The topological polar surface area (TPSA) is 131 Å². The zero-order valence-corrected chi connectivity index (χ0v) is 18.8. The van der Waals surface area contributed by atoms with Crippen LogP contribution >= 0.6 is 0 Å². The lowest BCUT2D eigenvalue weighted by atomic mass is 10.1. The largest absolute Gasteiger partial charge is 0.493 e. The van der Waals surface area contributed by atoms with E-state index in [0.717, 1.165) is 11.6 Å². The Kier molecular flexibility index (Phi) is 7.41. The van der Waals surface area contributed by atoms with E-state index in [4.69, 9.17) is 19.3 Å². The van der Waals surface area contributed by atoms with Crippen molar-refractivity contribution in [3.63, 3.8) is 0 Å². The number of hydrogen-bond donors (Lipinski definition) is 3. The number of ether oxygens (including phenoxy) is 3. The van der Waals surface area contributed by atoms with Crippen LogP contribution in [-0.2, 0) is 10.0 Å². The molecule has 0 radical (unpaired) electrons. The molecule has 33 heavy (non-hydrogen) atoms. The number of aliphatic hydroxyl groups excluding tert-OH is 1. The molecule has 3 rings (SSSR count). The van der Waals surface area contributed by atoms with Crippen LogP contribution in [0.25, 0.3) is 0 Å². The van der Waals surface area contributed by atoms with Crippen LogP contribution in [-0.4, -0.2) is 44.9 Å². The Morgan fingerprint density at radius 1 is 0.970 bits per heavy atom. The molecule has 0 saturated heterocycles. The van der Waals surface area contributed by atoms with Gasteiger partial charge in [-0.15, -0.1) is 0 Å². The minimum atomic E-state index is -4.07. The Bertz CT molecular complexity index is 1240. The molecular weight excluding hydrogens is 450 g/mol. The first-order valence-corrected chi connectivity index (χ1v) is 11.3. The molecule has 3 aromatic rings. The Morgan fingerprint density at radius 3 is 2.24 bits per heavy atom. The summed E-state index contributed by atoms with van der Waals surface area (Å²) in [5, 5.41) is 18.7. The van der Waals surface area contributed by atoms with Gasteiger partial charge in [0.1, 0.15) is 17.9 Å². The SMILES string of the molecule is COc1ccccc1Oc1cc(OCCO)c(C(=O)O)cc1NS(=O)(=O)c1ccc(C)cc1. The Labute approximate surface area is 191 Å². The second-order valence-corrected chi connectivity index (χ2v) is 8.58. The Hall–Kier alpha value is -3.76. The van der Waals surface area contributed by atoms with Crippen molar-refractivity contribution in [2.45, 2.75) is 11.8 Å². The number of aryl methyl sites for hydroxylation is 1. The molecule has 0 aliphatic heterocycles. The molecule has 0 aromatic heterocycles. The van der Waals surface area contributed by atoms with Crippen LogP contribution in [0.15, 0.2) is 65.6 Å². The highest BCUT2D eigenvalue weighted by atomic mass is 32.2. The molecule has 10 heteroatoms. The predicted molar refractivity (Wildman–Crippen MR) is 121 cm³/mol.